The highest BCUT2D eigenvalue weighted by Crippen LogP contribution is 2.36. The van der Waals surface area contributed by atoms with E-state index in [9.17, 15) is 9.59 Å². The van der Waals surface area contributed by atoms with Crippen LogP contribution in [0.15, 0.2) is 41.3 Å². The van der Waals surface area contributed by atoms with Gasteiger partial charge >= 0.3 is 0 Å². The predicted octanol–water partition coefficient (Wildman–Crippen LogP) is 3.91. The lowest BCUT2D eigenvalue weighted by molar-refractivity contribution is -0.134. The van der Waals surface area contributed by atoms with Crippen molar-refractivity contribution >= 4 is 23.6 Å². The van der Waals surface area contributed by atoms with E-state index in [0.29, 0.717) is 24.3 Å². The average Bonchev–Trinajstić information content (AvgIpc) is 2.81. The second-order valence-corrected chi connectivity index (χ2v) is 9.22. The van der Waals surface area contributed by atoms with Crippen molar-refractivity contribution in [3.8, 4) is 11.5 Å². The molecule has 2 aromatic carbocycles. The van der Waals surface area contributed by atoms with E-state index in [1.807, 2.05) is 56.5 Å². The molecule has 0 unspecified atom stereocenters. The van der Waals surface area contributed by atoms with Crippen molar-refractivity contribution in [3.05, 3.63) is 53.1 Å². The van der Waals surface area contributed by atoms with Gasteiger partial charge in [-0.2, -0.15) is 0 Å². The van der Waals surface area contributed by atoms with Crippen LogP contribution in [0.2, 0.25) is 0 Å². The smallest absolute Gasteiger partial charge is 0.260 e. The number of ether oxygens (including phenoxy) is 2. The van der Waals surface area contributed by atoms with Gasteiger partial charge in [-0.25, -0.2) is 0 Å². The van der Waals surface area contributed by atoms with Crippen LogP contribution >= 0.6 is 11.8 Å². The average molecular weight is 457 g/mol. The summed E-state index contributed by atoms with van der Waals surface area (Å²) in [5.74, 6) is 1.12. The van der Waals surface area contributed by atoms with Crippen LogP contribution in [0.3, 0.4) is 0 Å². The molecule has 1 N–H and O–H groups in total. The lowest BCUT2D eigenvalue weighted by Crippen LogP contribution is -2.52. The van der Waals surface area contributed by atoms with E-state index in [-0.39, 0.29) is 11.8 Å². The Morgan fingerprint density at radius 1 is 1.00 bits per heavy atom. The van der Waals surface area contributed by atoms with Crippen LogP contribution in [0.25, 0.3) is 0 Å². The molecule has 0 fully saturated rings. The highest BCUT2D eigenvalue weighted by atomic mass is 32.2. The van der Waals surface area contributed by atoms with Crippen LogP contribution in [0.4, 0.5) is 0 Å². The number of benzene rings is 2. The number of thioether (sulfide) groups is 1. The molecule has 0 atom stereocenters. The summed E-state index contributed by atoms with van der Waals surface area (Å²) in [5, 5.41) is 3.40. The molecular formula is C25H32N2O4S. The van der Waals surface area contributed by atoms with Crippen LogP contribution in [-0.2, 0) is 16.6 Å². The van der Waals surface area contributed by atoms with Gasteiger partial charge < -0.3 is 14.8 Å². The summed E-state index contributed by atoms with van der Waals surface area (Å²) in [4.78, 5) is 28.5. The minimum Gasteiger partial charge on any atom is -0.493 e. The molecule has 0 saturated heterocycles. The first-order valence-corrected chi connectivity index (χ1v) is 12.0. The Labute approximate surface area is 194 Å². The van der Waals surface area contributed by atoms with E-state index < -0.39 is 5.41 Å². The SMILES string of the molecule is COc1ccc(CCNCCCN2C(=O)c3cc(SC)ccc3C(C)(C)C2=O)cc1OC. The van der Waals surface area contributed by atoms with E-state index in [4.69, 9.17) is 9.47 Å². The van der Waals surface area contributed by atoms with Gasteiger partial charge in [-0.15, -0.1) is 11.8 Å². The van der Waals surface area contributed by atoms with E-state index >= 15 is 0 Å². The fraction of sp³-hybridized carbons (Fsp3) is 0.440. The molecule has 0 saturated carbocycles. The van der Waals surface area contributed by atoms with E-state index in [0.717, 1.165) is 41.3 Å². The first kappa shape index (κ1) is 24.1. The zero-order valence-electron chi connectivity index (χ0n) is 19.5. The zero-order valence-corrected chi connectivity index (χ0v) is 20.3. The molecule has 0 aromatic heterocycles. The highest BCUT2D eigenvalue weighted by molar-refractivity contribution is 7.98. The zero-order chi connectivity index (χ0) is 23.3. The number of nitrogens with one attached hydrogen (secondary N) is 1. The normalized spacial score (nSPS) is 15.0. The van der Waals surface area contributed by atoms with Gasteiger partial charge in [0.1, 0.15) is 0 Å². The fourth-order valence-corrected chi connectivity index (χ4v) is 4.46. The summed E-state index contributed by atoms with van der Waals surface area (Å²) < 4.78 is 10.6. The molecule has 1 heterocycles. The largest absolute Gasteiger partial charge is 0.493 e. The third-order valence-electron chi connectivity index (χ3n) is 5.93. The number of carbonyl (C=O) groups is 2. The predicted molar refractivity (Wildman–Crippen MR) is 128 cm³/mol. The minimum absolute atomic E-state index is 0.128. The first-order valence-electron chi connectivity index (χ1n) is 10.8. The maximum Gasteiger partial charge on any atom is 0.260 e. The topological polar surface area (TPSA) is 67.9 Å². The number of hydrogen-bond acceptors (Lipinski definition) is 6. The van der Waals surface area contributed by atoms with Gasteiger partial charge in [0.25, 0.3) is 5.91 Å². The molecular weight excluding hydrogens is 424 g/mol. The van der Waals surface area contributed by atoms with Gasteiger partial charge in [-0.3, -0.25) is 14.5 Å². The third-order valence-corrected chi connectivity index (χ3v) is 6.65. The van der Waals surface area contributed by atoms with Gasteiger partial charge in [0.05, 0.1) is 19.6 Å². The van der Waals surface area contributed by atoms with Gasteiger partial charge in [0, 0.05) is 17.0 Å². The lowest BCUT2D eigenvalue weighted by Gasteiger charge is -2.37. The van der Waals surface area contributed by atoms with Crippen LogP contribution < -0.4 is 14.8 Å². The Kier molecular flexibility index (Phi) is 7.85. The summed E-state index contributed by atoms with van der Waals surface area (Å²) in [5.41, 5.74) is 1.90. The number of rotatable bonds is 10. The van der Waals surface area contributed by atoms with Crippen molar-refractivity contribution in [2.45, 2.75) is 37.0 Å². The summed E-state index contributed by atoms with van der Waals surface area (Å²) in [7, 11) is 3.25. The molecule has 7 heteroatoms. The number of hydrogen-bond donors (Lipinski definition) is 1. The van der Waals surface area contributed by atoms with E-state index in [1.165, 1.54) is 4.90 Å². The Balaban J connectivity index is 1.53. The van der Waals surface area contributed by atoms with Crippen LogP contribution in [0.1, 0.15) is 41.8 Å². The number of fused-ring (bicyclic) bond motifs is 1. The molecule has 2 amide bonds. The first-order chi connectivity index (χ1) is 15.3. The van der Waals surface area contributed by atoms with Crippen molar-refractivity contribution < 1.29 is 19.1 Å². The Morgan fingerprint density at radius 3 is 2.44 bits per heavy atom. The standard InChI is InChI=1S/C25H32N2O4S/c1-25(2)20-9-8-18(32-5)16-19(20)23(28)27(24(25)29)14-6-12-26-13-11-17-7-10-21(30-3)22(15-17)31-4/h7-10,15-16,26H,6,11-14H2,1-5H3. The molecule has 2 aromatic rings. The third kappa shape index (κ3) is 4.94. The van der Waals surface area contributed by atoms with Crippen molar-refractivity contribution in [1.29, 1.82) is 0 Å². The molecule has 0 radical (unpaired) electrons. The maximum atomic E-state index is 13.1. The highest BCUT2D eigenvalue weighted by Gasteiger charge is 2.44. The van der Waals surface area contributed by atoms with E-state index in [2.05, 4.69) is 5.32 Å². The van der Waals surface area contributed by atoms with Crippen LogP contribution in [0, 0.1) is 0 Å². The molecule has 0 spiro atoms. The Hall–Kier alpha value is -2.51. The molecule has 6 nitrogen and oxygen atoms in total. The van der Waals surface area contributed by atoms with Gasteiger partial charge in [0.15, 0.2) is 11.5 Å². The lowest BCUT2D eigenvalue weighted by atomic mass is 9.77. The van der Waals surface area contributed by atoms with Crippen molar-refractivity contribution in [1.82, 2.24) is 10.2 Å². The number of carbonyl (C=O) groups excluding carboxylic acids is 2. The van der Waals surface area contributed by atoms with Crippen molar-refractivity contribution in [2.75, 3.05) is 40.1 Å². The maximum absolute atomic E-state index is 13.1. The monoisotopic (exact) mass is 456 g/mol. The van der Waals surface area contributed by atoms with Gasteiger partial charge in [0.2, 0.25) is 5.91 Å². The number of amides is 2. The summed E-state index contributed by atoms with van der Waals surface area (Å²) in [6.45, 7) is 5.72. The summed E-state index contributed by atoms with van der Waals surface area (Å²) >= 11 is 1.59. The van der Waals surface area contributed by atoms with E-state index in [1.54, 1.807) is 26.0 Å². The van der Waals surface area contributed by atoms with Gasteiger partial charge in [-0.05, 0) is 81.4 Å². The molecule has 0 bridgehead atoms. The molecule has 32 heavy (non-hydrogen) atoms. The quantitative estimate of drug-likeness (QED) is 0.332. The van der Waals surface area contributed by atoms with Crippen molar-refractivity contribution in [3.63, 3.8) is 0 Å². The molecule has 172 valence electrons. The Bertz CT molecular complexity index is 990. The second kappa shape index (κ2) is 10.4. The summed E-state index contributed by atoms with van der Waals surface area (Å²) in [6, 6.07) is 11.7. The van der Waals surface area contributed by atoms with Crippen LogP contribution in [0.5, 0.6) is 11.5 Å². The molecule has 1 aliphatic rings. The second-order valence-electron chi connectivity index (χ2n) is 8.34. The number of nitrogens with zero attached hydrogens (tertiary/aromatic N) is 1. The molecule has 1 aliphatic heterocycles. The van der Waals surface area contributed by atoms with Crippen LogP contribution in [-0.4, -0.2) is 56.8 Å². The van der Waals surface area contributed by atoms with Gasteiger partial charge in [-0.1, -0.05) is 12.1 Å². The van der Waals surface area contributed by atoms with Crippen molar-refractivity contribution in [2.24, 2.45) is 0 Å². The molecule has 3 rings (SSSR count). The number of methoxy groups -OCH3 is 2. The molecule has 0 aliphatic carbocycles. The number of imide groups is 1. The fourth-order valence-electron chi connectivity index (χ4n) is 4.02. The minimum atomic E-state index is -0.707. The Morgan fingerprint density at radius 2 is 1.75 bits per heavy atom. The summed E-state index contributed by atoms with van der Waals surface area (Å²) in [6.07, 6.45) is 3.54.